The second-order valence-corrected chi connectivity index (χ2v) is 9.64. The molecule has 0 fully saturated rings. The van der Waals surface area contributed by atoms with E-state index >= 15 is 0 Å². The molecule has 0 radical (unpaired) electrons. The first-order chi connectivity index (χ1) is 13.8. The van der Waals surface area contributed by atoms with Crippen LogP contribution in [0.3, 0.4) is 0 Å². The number of thioether (sulfide) groups is 1. The number of anilines is 1. The molecule has 0 saturated heterocycles. The van der Waals surface area contributed by atoms with Crippen LogP contribution in [0.2, 0.25) is 0 Å². The van der Waals surface area contributed by atoms with Gasteiger partial charge < -0.3 is 15.8 Å². The van der Waals surface area contributed by atoms with E-state index in [1.165, 1.54) is 23.1 Å². The van der Waals surface area contributed by atoms with E-state index in [1.54, 1.807) is 20.8 Å². The number of primary amides is 1. The molecule has 29 heavy (non-hydrogen) atoms. The van der Waals surface area contributed by atoms with Gasteiger partial charge in [-0.05, 0) is 38.5 Å². The predicted molar refractivity (Wildman–Crippen MR) is 117 cm³/mol. The Balaban J connectivity index is 1.75. The number of ether oxygens (including phenoxy) is 1. The summed E-state index contributed by atoms with van der Waals surface area (Å²) in [5, 5.41) is 2.97. The third kappa shape index (κ3) is 4.95. The van der Waals surface area contributed by atoms with Gasteiger partial charge in [0.05, 0.1) is 32.5 Å². The van der Waals surface area contributed by atoms with Crippen molar-refractivity contribution >= 4 is 67.4 Å². The summed E-state index contributed by atoms with van der Waals surface area (Å²) in [5.41, 5.74) is 6.85. The van der Waals surface area contributed by atoms with Crippen LogP contribution in [0.1, 0.15) is 39.4 Å². The zero-order chi connectivity index (χ0) is 21.1. The highest BCUT2D eigenvalue weighted by Crippen LogP contribution is 2.34. The van der Waals surface area contributed by atoms with Crippen molar-refractivity contribution in [2.75, 3.05) is 11.1 Å². The second-order valence-electron chi connectivity index (χ2n) is 6.36. The van der Waals surface area contributed by atoms with Gasteiger partial charge >= 0.3 is 5.97 Å². The van der Waals surface area contributed by atoms with Gasteiger partial charge in [-0.3, -0.25) is 9.59 Å². The number of esters is 1. The normalized spacial score (nSPS) is 11.0. The zero-order valence-corrected chi connectivity index (χ0v) is 18.4. The minimum atomic E-state index is -0.657. The number of nitrogens with two attached hydrogens (primary N) is 1. The third-order valence-electron chi connectivity index (χ3n) is 3.77. The molecule has 3 aromatic rings. The van der Waals surface area contributed by atoms with Gasteiger partial charge in [0, 0.05) is 0 Å². The second kappa shape index (κ2) is 8.93. The molecule has 3 rings (SSSR count). The van der Waals surface area contributed by atoms with E-state index in [2.05, 4.69) is 10.3 Å². The van der Waals surface area contributed by atoms with Crippen molar-refractivity contribution in [3.8, 4) is 0 Å². The van der Waals surface area contributed by atoms with E-state index in [0.717, 1.165) is 25.9 Å². The van der Waals surface area contributed by atoms with E-state index < -0.39 is 11.9 Å². The van der Waals surface area contributed by atoms with E-state index in [0.29, 0.717) is 5.56 Å². The van der Waals surface area contributed by atoms with Crippen molar-refractivity contribution in [2.24, 2.45) is 5.73 Å². The molecular formula is C19H19N3O4S3. The van der Waals surface area contributed by atoms with Crippen molar-refractivity contribution in [2.45, 2.75) is 31.2 Å². The summed E-state index contributed by atoms with van der Waals surface area (Å²) >= 11 is 3.79. The molecule has 0 aliphatic carbocycles. The Bertz CT molecular complexity index is 1050. The molecule has 0 saturated carbocycles. The quantitative estimate of drug-likeness (QED) is 0.416. The van der Waals surface area contributed by atoms with Crippen LogP contribution in [-0.4, -0.2) is 34.6 Å². The fourth-order valence-electron chi connectivity index (χ4n) is 2.56. The Hall–Kier alpha value is -2.43. The van der Waals surface area contributed by atoms with Gasteiger partial charge in [0.1, 0.15) is 5.00 Å². The molecule has 10 heteroatoms. The monoisotopic (exact) mass is 449 g/mol. The average Bonchev–Trinajstić information content (AvgIpc) is 3.20. The molecule has 7 nitrogen and oxygen atoms in total. The van der Waals surface area contributed by atoms with Gasteiger partial charge in [0.15, 0.2) is 4.34 Å². The maximum atomic E-state index is 12.5. The van der Waals surface area contributed by atoms with Crippen LogP contribution in [0.5, 0.6) is 0 Å². The van der Waals surface area contributed by atoms with Crippen LogP contribution in [0, 0.1) is 6.92 Å². The Morgan fingerprint density at radius 1 is 1.24 bits per heavy atom. The first-order valence-corrected chi connectivity index (χ1v) is 11.3. The average molecular weight is 450 g/mol. The molecule has 1 aromatic carbocycles. The largest absolute Gasteiger partial charge is 0.459 e. The summed E-state index contributed by atoms with van der Waals surface area (Å²) < 4.78 is 7.07. The van der Waals surface area contributed by atoms with Crippen molar-refractivity contribution in [3.63, 3.8) is 0 Å². The molecule has 2 amide bonds. The van der Waals surface area contributed by atoms with E-state index in [-0.39, 0.29) is 33.2 Å². The van der Waals surface area contributed by atoms with Gasteiger partial charge in [-0.15, -0.1) is 22.7 Å². The number of rotatable bonds is 7. The maximum absolute atomic E-state index is 12.5. The molecular weight excluding hydrogens is 430 g/mol. The zero-order valence-electron chi connectivity index (χ0n) is 16.0. The highest BCUT2D eigenvalue weighted by molar-refractivity contribution is 8.01. The van der Waals surface area contributed by atoms with Gasteiger partial charge in [0.2, 0.25) is 5.91 Å². The molecule has 3 N–H and O–H groups in total. The van der Waals surface area contributed by atoms with Gasteiger partial charge in [-0.2, -0.15) is 0 Å². The number of carbonyl (C=O) groups excluding carboxylic acids is 3. The number of aromatic nitrogens is 1. The number of benzene rings is 1. The lowest BCUT2D eigenvalue weighted by molar-refractivity contribution is -0.113. The highest BCUT2D eigenvalue weighted by Gasteiger charge is 2.26. The van der Waals surface area contributed by atoms with Gasteiger partial charge in [-0.1, -0.05) is 23.9 Å². The van der Waals surface area contributed by atoms with Crippen LogP contribution in [0.4, 0.5) is 5.00 Å². The lowest BCUT2D eigenvalue weighted by atomic mass is 10.1. The fourth-order valence-corrected chi connectivity index (χ4v) is 5.49. The number of carbonyl (C=O) groups is 3. The number of nitrogens with zero attached hydrogens (tertiary/aromatic N) is 1. The molecule has 0 spiro atoms. The number of fused-ring (bicyclic) bond motifs is 1. The molecule has 0 aliphatic rings. The van der Waals surface area contributed by atoms with E-state index in [9.17, 15) is 14.4 Å². The smallest absolute Gasteiger partial charge is 0.341 e. The summed E-state index contributed by atoms with van der Waals surface area (Å²) in [6.07, 6.45) is -0.336. The molecule has 2 heterocycles. The number of hydrogen-bond acceptors (Lipinski definition) is 8. The number of amides is 2. The van der Waals surface area contributed by atoms with Crippen molar-refractivity contribution < 1.29 is 19.1 Å². The topological polar surface area (TPSA) is 111 Å². The summed E-state index contributed by atoms with van der Waals surface area (Å²) in [6, 6.07) is 7.75. The predicted octanol–water partition coefficient (Wildman–Crippen LogP) is 4.06. The molecule has 152 valence electrons. The SMILES string of the molecule is Cc1c(C(N)=O)sc(NC(=O)CSc2nc3ccccc3s2)c1C(=O)OC(C)C. The van der Waals surface area contributed by atoms with Crippen LogP contribution in [-0.2, 0) is 9.53 Å². The van der Waals surface area contributed by atoms with Gasteiger partial charge in [0.25, 0.3) is 5.91 Å². The Labute approximate surface area is 179 Å². The highest BCUT2D eigenvalue weighted by atomic mass is 32.2. The standard InChI is InChI=1S/C19H19N3O4S3/c1-9(2)26-18(25)14-10(3)15(16(20)24)29-17(14)22-13(23)8-27-19-21-11-6-4-5-7-12(11)28-19/h4-7,9H,8H2,1-3H3,(H2,20,24)(H,22,23). The van der Waals surface area contributed by atoms with Crippen LogP contribution < -0.4 is 11.1 Å². The van der Waals surface area contributed by atoms with E-state index in [4.69, 9.17) is 10.5 Å². The minimum Gasteiger partial charge on any atom is -0.459 e. The van der Waals surface area contributed by atoms with Crippen molar-refractivity contribution in [3.05, 3.63) is 40.3 Å². The number of thiophene rings is 1. The molecule has 0 unspecified atom stereocenters. The summed E-state index contributed by atoms with van der Waals surface area (Å²) in [5.74, 6) is -1.46. The van der Waals surface area contributed by atoms with Gasteiger partial charge in [-0.25, -0.2) is 9.78 Å². The van der Waals surface area contributed by atoms with Crippen LogP contribution in [0.15, 0.2) is 28.6 Å². The summed E-state index contributed by atoms with van der Waals surface area (Å²) in [6.45, 7) is 5.06. The van der Waals surface area contributed by atoms with Crippen molar-refractivity contribution in [1.29, 1.82) is 0 Å². The van der Waals surface area contributed by atoms with Crippen molar-refractivity contribution in [1.82, 2.24) is 4.98 Å². The number of para-hydroxylation sites is 1. The number of nitrogens with one attached hydrogen (secondary N) is 1. The summed E-state index contributed by atoms with van der Waals surface area (Å²) in [4.78, 5) is 41.3. The first kappa shape index (κ1) is 21.3. The van der Waals surface area contributed by atoms with Crippen LogP contribution >= 0.6 is 34.4 Å². The number of hydrogen-bond donors (Lipinski definition) is 2. The first-order valence-electron chi connectivity index (χ1n) is 8.68. The van der Waals surface area contributed by atoms with E-state index in [1.807, 2.05) is 24.3 Å². The Kier molecular flexibility index (Phi) is 6.56. The molecule has 0 aliphatic heterocycles. The minimum absolute atomic E-state index is 0.112. The Morgan fingerprint density at radius 2 is 1.97 bits per heavy atom. The molecule has 2 aromatic heterocycles. The molecule has 0 atom stereocenters. The Morgan fingerprint density at radius 3 is 2.62 bits per heavy atom. The number of thiazole rings is 1. The maximum Gasteiger partial charge on any atom is 0.341 e. The lowest BCUT2D eigenvalue weighted by Crippen LogP contribution is -2.18. The van der Waals surface area contributed by atoms with Crippen LogP contribution in [0.25, 0.3) is 10.2 Å². The fraction of sp³-hybridized carbons (Fsp3) is 0.263. The summed E-state index contributed by atoms with van der Waals surface area (Å²) in [7, 11) is 0. The molecule has 0 bridgehead atoms. The lowest BCUT2D eigenvalue weighted by Gasteiger charge is -2.10. The third-order valence-corrected chi connectivity index (χ3v) is 7.17.